The lowest BCUT2D eigenvalue weighted by Crippen LogP contribution is -2.47. The van der Waals surface area contributed by atoms with Crippen molar-refractivity contribution in [1.29, 1.82) is 0 Å². The van der Waals surface area contributed by atoms with Gasteiger partial charge in [0, 0.05) is 12.8 Å². The van der Waals surface area contributed by atoms with Crippen molar-refractivity contribution in [3.05, 3.63) is 11.6 Å². The maximum absolute atomic E-state index is 11.8. The fraction of sp³-hybridized carbons (Fsp3) is 0.842. The Balaban J connectivity index is 1.71. The highest BCUT2D eigenvalue weighted by molar-refractivity contribution is 5.80. The van der Waals surface area contributed by atoms with E-state index < -0.39 is 0 Å². The van der Waals surface area contributed by atoms with E-state index in [1.165, 1.54) is 38.5 Å². The molecule has 0 aliphatic heterocycles. The number of rotatable bonds is 0. The molecular formula is C19H28O. The number of carbonyl (C=O) groups is 1. The molecule has 0 radical (unpaired) electrons. The largest absolute Gasteiger partial charge is 0.300 e. The zero-order valence-electron chi connectivity index (χ0n) is 13.1. The minimum atomic E-state index is 0.362. The predicted molar refractivity (Wildman–Crippen MR) is 81.3 cm³/mol. The number of hydrogen-bond acceptors (Lipinski definition) is 1. The fourth-order valence-corrected chi connectivity index (χ4v) is 6.31. The Labute approximate surface area is 123 Å². The smallest absolute Gasteiger partial charge is 0.133 e. The van der Waals surface area contributed by atoms with Gasteiger partial charge >= 0.3 is 0 Å². The monoisotopic (exact) mass is 272 g/mol. The van der Waals surface area contributed by atoms with E-state index in [1.807, 2.05) is 0 Å². The summed E-state index contributed by atoms with van der Waals surface area (Å²) in [6.07, 6.45) is 13.8. The molecule has 110 valence electrons. The molecule has 1 heteroatoms. The maximum atomic E-state index is 11.8. The molecule has 3 fully saturated rings. The highest BCUT2D eigenvalue weighted by Gasteiger charge is 2.54. The Hall–Kier alpha value is -0.590. The summed E-state index contributed by atoms with van der Waals surface area (Å²) in [5, 5.41) is 0. The normalized spacial score (nSPS) is 51.0. The van der Waals surface area contributed by atoms with Gasteiger partial charge < -0.3 is 0 Å². The van der Waals surface area contributed by atoms with Gasteiger partial charge in [0.05, 0.1) is 0 Å². The van der Waals surface area contributed by atoms with Gasteiger partial charge in [-0.15, -0.1) is 0 Å². The van der Waals surface area contributed by atoms with Crippen LogP contribution in [0.5, 0.6) is 0 Å². The second-order valence-electron chi connectivity index (χ2n) is 8.56. The molecule has 0 aromatic carbocycles. The predicted octanol–water partition coefficient (Wildman–Crippen LogP) is 4.91. The standard InChI is InChI=1S/C19H28O/c1-18-9-3-4-16(18)15-6-5-13-12-14(20)7-11-19(13,2)17(15)8-10-18/h8,13,15-16H,3-7,9-12H2,1-2H3/t13-,15+,16+,18-,19-/m0/s1. The SMILES string of the molecule is C[C@]12CC=C3[C@H](CC[C@H]4CC(=O)CC[C@]34C)[C@H]1CCC2. The summed E-state index contributed by atoms with van der Waals surface area (Å²) in [5.74, 6) is 2.97. The Morgan fingerprint density at radius 1 is 1.15 bits per heavy atom. The zero-order chi connectivity index (χ0) is 14.0. The quantitative estimate of drug-likeness (QED) is 0.573. The number of carbonyl (C=O) groups excluding carboxylic acids is 1. The van der Waals surface area contributed by atoms with E-state index in [4.69, 9.17) is 0 Å². The molecule has 0 saturated heterocycles. The van der Waals surface area contributed by atoms with Crippen LogP contribution < -0.4 is 0 Å². The lowest BCUT2D eigenvalue weighted by molar-refractivity contribution is -0.125. The summed E-state index contributed by atoms with van der Waals surface area (Å²) >= 11 is 0. The van der Waals surface area contributed by atoms with Gasteiger partial charge in [-0.2, -0.15) is 0 Å². The number of ketones is 1. The maximum Gasteiger partial charge on any atom is 0.133 e. The van der Waals surface area contributed by atoms with Crippen molar-refractivity contribution in [3.63, 3.8) is 0 Å². The van der Waals surface area contributed by atoms with Crippen LogP contribution in [-0.4, -0.2) is 5.78 Å². The molecule has 0 bridgehead atoms. The van der Waals surface area contributed by atoms with E-state index in [0.717, 1.165) is 31.1 Å². The zero-order valence-corrected chi connectivity index (χ0v) is 13.1. The molecule has 20 heavy (non-hydrogen) atoms. The summed E-state index contributed by atoms with van der Waals surface area (Å²) in [6, 6.07) is 0. The summed E-state index contributed by atoms with van der Waals surface area (Å²) < 4.78 is 0. The molecule has 0 aromatic heterocycles. The molecule has 3 saturated carbocycles. The van der Waals surface area contributed by atoms with Gasteiger partial charge in [0.2, 0.25) is 0 Å². The summed E-state index contributed by atoms with van der Waals surface area (Å²) in [5.41, 5.74) is 2.74. The van der Waals surface area contributed by atoms with Crippen molar-refractivity contribution in [2.24, 2.45) is 28.6 Å². The molecule has 0 N–H and O–H groups in total. The summed E-state index contributed by atoms with van der Waals surface area (Å²) in [6.45, 7) is 5.02. The number of allylic oxidation sites excluding steroid dienone is 2. The first-order chi connectivity index (χ1) is 9.53. The van der Waals surface area contributed by atoms with Crippen molar-refractivity contribution in [2.75, 3.05) is 0 Å². The van der Waals surface area contributed by atoms with Crippen LogP contribution in [0.25, 0.3) is 0 Å². The van der Waals surface area contributed by atoms with Crippen molar-refractivity contribution in [2.45, 2.75) is 71.6 Å². The van der Waals surface area contributed by atoms with E-state index in [9.17, 15) is 4.79 Å². The van der Waals surface area contributed by atoms with Crippen molar-refractivity contribution in [1.82, 2.24) is 0 Å². The van der Waals surface area contributed by atoms with E-state index >= 15 is 0 Å². The van der Waals surface area contributed by atoms with Crippen LogP contribution in [0.2, 0.25) is 0 Å². The number of Topliss-reactive ketones (excluding diaryl/α,β-unsaturated/α-hetero) is 1. The molecule has 0 heterocycles. The topological polar surface area (TPSA) is 17.1 Å². The minimum absolute atomic E-state index is 0.362. The second kappa shape index (κ2) is 4.21. The first-order valence-electron chi connectivity index (χ1n) is 8.75. The van der Waals surface area contributed by atoms with Gasteiger partial charge in [0.1, 0.15) is 5.78 Å². The van der Waals surface area contributed by atoms with Crippen LogP contribution in [0.1, 0.15) is 71.6 Å². The Kier molecular flexibility index (Phi) is 2.76. The third-order valence-corrected chi connectivity index (χ3v) is 7.62. The van der Waals surface area contributed by atoms with Gasteiger partial charge in [0.15, 0.2) is 0 Å². The molecule has 0 aromatic rings. The molecule has 0 spiro atoms. The lowest BCUT2D eigenvalue weighted by atomic mass is 9.49. The molecular weight excluding hydrogens is 244 g/mol. The third kappa shape index (κ3) is 1.64. The summed E-state index contributed by atoms with van der Waals surface area (Å²) in [4.78, 5) is 11.8. The van der Waals surface area contributed by atoms with Gasteiger partial charge in [-0.05, 0) is 67.1 Å². The Bertz CT molecular complexity index is 476. The minimum Gasteiger partial charge on any atom is -0.300 e. The highest BCUT2D eigenvalue weighted by atomic mass is 16.1. The van der Waals surface area contributed by atoms with Gasteiger partial charge in [-0.1, -0.05) is 31.9 Å². The van der Waals surface area contributed by atoms with Crippen molar-refractivity contribution >= 4 is 5.78 Å². The van der Waals surface area contributed by atoms with Gasteiger partial charge in [-0.25, -0.2) is 0 Å². The first kappa shape index (κ1) is 13.1. The second-order valence-corrected chi connectivity index (χ2v) is 8.56. The van der Waals surface area contributed by atoms with E-state index in [-0.39, 0.29) is 0 Å². The van der Waals surface area contributed by atoms with Crippen LogP contribution in [-0.2, 0) is 4.79 Å². The molecule has 1 nitrogen and oxygen atoms in total. The Morgan fingerprint density at radius 3 is 2.85 bits per heavy atom. The van der Waals surface area contributed by atoms with E-state index in [0.29, 0.717) is 22.5 Å². The molecule has 0 amide bonds. The molecule has 4 rings (SSSR count). The van der Waals surface area contributed by atoms with Crippen LogP contribution in [0.3, 0.4) is 0 Å². The number of hydrogen-bond donors (Lipinski definition) is 0. The molecule has 0 unspecified atom stereocenters. The van der Waals surface area contributed by atoms with E-state index in [1.54, 1.807) is 5.57 Å². The van der Waals surface area contributed by atoms with Crippen LogP contribution in [0, 0.1) is 28.6 Å². The lowest BCUT2D eigenvalue weighted by Gasteiger charge is -2.55. The van der Waals surface area contributed by atoms with Crippen LogP contribution in [0.15, 0.2) is 11.6 Å². The van der Waals surface area contributed by atoms with Crippen LogP contribution >= 0.6 is 0 Å². The van der Waals surface area contributed by atoms with Crippen molar-refractivity contribution in [3.8, 4) is 0 Å². The van der Waals surface area contributed by atoms with E-state index in [2.05, 4.69) is 19.9 Å². The third-order valence-electron chi connectivity index (χ3n) is 7.62. The van der Waals surface area contributed by atoms with Gasteiger partial charge in [0.25, 0.3) is 0 Å². The molecule has 5 atom stereocenters. The fourth-order valence-electron chi connectivity index (χ4n) is 6.31. The van der Waals surface area contributed by atoms with Crippen LogP contribution in [0.4, 0.5) is 0 Å². The molecule has 4 aliphatic rings. The van der Waals surface area contributed by atoms with Crippen molar-refractivity contribution < 1.29 is 4.79 Å². The summed E-state index contributed by atoms with van der Waals surface area (Å²) in [7, 11) is 0. The first-order valence-corrected chi connectivity index (χ1v) is 8.75. The average Bonchev–Trinajstić information content (AvgIpc) is 2.81. The molecule has 4 aliphatic carbocycles. The number of fused-ring (bicyclic) bond motifs is 5. The average molecular weight is 272 g/mol. The van der Waals surface area contributed by atoms with Gasteiger partial charge in [-0.3, -0.25) is 4.79 Å². The Morgan fingerprint density at radius 2 is 2.00 bits per heavy atom. The highest BCUT2D eigenvalue weighted by Crippen LogP contribution is 2.63.